The Hall–Kier alpha value is -3.47. The molecule has 0 bridgehead atoms. The van der Waals surface area contributed by atoms with Gasteiger partial charge in [-0.15, -0.1) is 10.2 Å². The van der Waals surface area contributed by atoms with E-state index in [9.17, 15) is 0 Å². The van der Waals surface area contributed by atoms with Crippen LogP contribution in [0.25, 0.3) is 0 Å². The van der Waals surface area contributed by atoms with Gasteiger partial charge in [0.1, 0.15) is 0 Å². The summed E-state index contributed by atoms with van der Waals surface area (Å²) in [5.41, 5.74) is 6.94. The van der Waals surface area contributed by atoms with Crippen LogP contribution in [0.4, 0.5) is 0 Å². The Kier molecular flexibility index (Phi) is 25.2. The Labute approximate surface area is 249 Å². The van der Waals surface area contributed by atoms with E-state index >= 15 is 0 Å². The summed E-state index contributed by atoms with van der Waals surface area (Å²) in [5.74, 6) is 0. The summed E-state index contributed by atoms with van der Waals surface area (Å²) in [4.78, 5) is 16.1. The molecule has 13 heteroatoms. The average molecular weight is 611 g/mol. The fraction of sp³-hybridized carbons (Fsp3) is 0.333. The molecule has 0 radical (unpaired) electrons. The van der Waals surface area contributed by atoms with Crippen molar-refractivity contribution in [3.8, 4) is 18.2 Å². The molecular formula is C27H33ClFeN7O4-. The first-order chi connectivity index (χ1) is 18.4. The van der Waals surface area contributed by atoms with Gasteiger partial charge >= 0.3 is 0 Å². The van der Waals surface area contributed by atoms with Crippen LogP contribution in [0.15, 0.2) is 55.0 Å². The Morgan fingerprint density at radius 1 is 0.625 bits per heavy atom. The van der Waals surface area contributed by atoms with Gasteiger partial charge in [-0.1, -0.05) is 18.2 Å². The van der Waals surface area contributed by atoms with Crippen LogP contribution in [-0.2, 0) is 36.7 Å². The first kappa shape index (κ1) is 41.0. The number of hydrogen-bond donors (Lipinski definition) is 0. The third-order valence-corrected chi connectivity index (χ3v) is 4.47. The molecule has 0 saturated carbocycles. The van der Waals surface area contributed by atoms with Gasteiger partial charge < -0.3 is 0 Å². The van der Waals surface area contributed by atoms with Crippen LogP contribution in [0.1, 0.15) is 54.5 Å². The molecule has 0 spiro atoms. The molecule has 3 aromatic rings. The molecular weight excluding hydrogens is 578 g/mol. The van der Waals surface area contributed by atoms with E-state index in [-0.39, 0.29) is 17.1 Å². The predicted octanol–water partition coefficient (Wildman–Crippen LogP) is 0.830. The summed E-state index contributed by atoms with van der Waals surface area (Å²) in [7, 11) is -4.94. The van der Waals surface area contributed by atoms with Gasteiger partial charge in [-0.2, -0.15) is 15.8 Å². The molecule has 216 valence electrons. The summed E-state index contributed by atoms with van der Waals surface area (Å²) >= 11 is 0. The van der Waals surface area contributed by atoms with E-state index in [1.54, 1.807) is 18.2 Å². The number of aryl methyl sites for hydroxylation is 3. The summed E-state index contributed by atoms with van der Waals surface area (Å²) in [5, 5.41) is 22.0. The maximum atomic E-state index is 8.49. The zero-order chi connectivity index (χ0) is 30.3. The van der Waals surface area contributed by atoms with E-state index in [2.05, 4.69) is 58.8 Å². The van der Waals surface area contributed by atoms with E-state index in [1.807, 2.05) is 36.8 Å². The third kappa shape index (κ3) is 22.5. The standard InChI is InChI=1S/C21H24N4.3C2H3N.ClHO4.Fe/c1-16-7-4-10-22-19(16)13-25(14-20-17(2)8-5-11-23-20)15-21-18(3)9-6-12-24-21;3*1-2-3;2-1(3,4)5;/h4-12H,13-15H2,1-3H3;3*1H3;(H,2,3,4,5);/p-1. The summed E-state index contributed by atoms with van der Waals surface area (Å²) in [6, 6.07) is 17.5. The third-order valence-electron chi connectivity index (χ3n) is 4.47. The number of rotatable bonds is 6. The molecule has 3 heterocycles. The van der Waals surface area contributed by atoms with Gasteiger partial charge in [0.05, 0.1) is 35.3 Å². The van der Waals surface area contributed by atoms with E-state index in [0.29, 0.717) is 0 Å². The molecule has 0 atom stereocenters. The number of pyridine rings is 3. The van der Waals surface area contributed by atoms with Crippen LogP contribution in [0.5, 0.6) is 0 Å². The molecule has 0 unspecified atom stereocenters. The van der Waals surface area contributed by atoms with Crippen molar-refractivity contribution in [3.05, 3.63) is 88.8 Å². The molecule has 0 aliphatic heterocycles. The molecule has 0 N–H and O–H groups in total. The Bertz CT molecular complexity index is 1080. The molecule has 0 aromatic carbocycles. The van der Waals surface area contributed by atoms with Gasteiger partial charge in [0.15, 0.2) is 0 Å². The van der Waals surface area contributed by atoms with Crippen molar-refractivity contribution in [1.29, 1.82) is 15.8 Å². The Morgan fingerprint density at radius 3 is 1.00 bits per heavy atom. The van der Waals surface area contributed by atoms with Gasteiger partial charge in [-0.05, 0) is 55.7 Å². The first-order valence-corrected chi connectivity index (χ1v) is 12.6. The fourth-order valence-electron chi connectivity index (χ4n) is 2.85. The minimum Gasteiger partial charge on any atom is -0.286 e. The predicted molar refractivity (Wildman–Crippen MR) is 134 cm³/mol. The smallest absolute Gasteiger partial charge is 0.0587 e. The molecule has 0 aliphatic carbocycles. The fourth-order valence-corrected chi connectivity index (χ4v) is 2.85. The molecule has 11 nitrogen and oxygen atoms in total. The monoisotopic (exact) mass is 610 g/mol. The topological polar surface area (TPSA) is 206 Å². The second kappa shape index (κ2) is 24.6. The largest absolute Gasteiger partial charge is 0.286 e. The average Bonchev–Trinajstić information content (AvgIpc) is 2.84. The minimum atomic E-state index is -4.94. The SMILES string of the molecule is CC#N.CC#N.CC#N.Cc1cccnc1CN(Cc1ncccc1C)Cc1ncccc1C.[Fe].[O-][Cl+3]([O-])([O-])[O-]. The Balaban J connectivity index is -0.000000768. The molecule has 0 aliphatic rings. The number of halogens is 1. The van der Waals surface area contributed by atoms with Crippen LogP contribution in [0.3, 0.4) is 0 Å². The van der Waals surface area contributed by atoms with Gasteiger partial charge in [0.25, 0.3) is 0 Å². The molecule has 0 saturated heterocycles. The van der Waals surface area contributed by atoms with E-state index < -0.39 is 10.2 Å². The van der Waals surface area contributed by atoms with E-state index in [4.69, 9.17) is 34.4 Å². The van der Waals surface area contributed by atoms with Crippen molar-refractivity contribution >= 4 is 0 Å². The number of nitriles is 3. The Morgan fingerprint density at radius 2 is 0.825 bits per heavy atom. The summed E-state index contributed by atoms with van der Waals surface area (Å²) < 4.78 is 34.0. The minimum absolute atomic E-state index is 0. The van der Waals surface area contributed by atoms with Crippen LogP contribution in [-0.4, -0.2) is 19.9 Å². The zero-order valence-corrected chi connectivity index (χ0v) is 25.2. The van der Waals surface area contributed by atoms with Crippen molar-refractivity contribution in [1.82, 2.24) is 19.9 Å². The van der Waals surface area contributed by atoms with Gasteiger partial charge in [-0.25, -0.2) is 18.6 Å². The maximum Gasteiger partial charge on any atom is 0.0587 e. The maximum absolute atomic E-state index is 8.49. The van der Waals surface area contributed by atoms with Crippen molar-refractivity contribution in [2.75, 3.05) is 0 Å². The molecule has 0 amide bonds. The molecule has 40 heavy (non-hydrogen) atoms. The van der Waals surface area contributed by atoms with Gasteiger partial charge in [0, 0.05) is 76.1 Å². The van der Waals surface area contributed by atoms with Crippen molar-refractivity contribution in [3.63, 3.8) is 0 Å². The second-order valence-corrected chi connectivity index (χ2v) is 8.25. The summed E-state index contributed by atoms with van der Waals surface area (Å²) in [6.07, 6.45) is 5.58. The second-order valence-electron chi connectivity index (χ2n) is 7.49. The normalized spacial score (nSPS) is 9.00. The van der Waals surface area contributed by atoms with Crippen LogP contribution >= 0.6 is 0 Å². The van der Waals surface area contributed by atoms with Crippen molar-refractivity contribution < 1.29 is 45.9 Å². The van der Waals surface area contributed by atoms with E-state index in [1.165, 1.54) is 37.5 Å². The summed E-state index contributed by atoms with van der Waals surface area (Å²) in [6.45, 7) is 13.0. The number of aromatic nitrogens is 3. The van der Waals surface area contributed by atoms with E-state index in [0.717, 1.165) is 36.7 Å². The van der Waals surface area contributed by atoms with Crippen LogP contribution < -0.4 is 18.6 Å². The number of nitrogens with zero attached hydrogens (tertiary/aromatic N) is 7. The quantitative estimate of drug-likeness (QED) is 0.357. The van der Waals surface area contributed by atoms with Crippen LogP contribution in [0, 0.1) is 65.0 Å². The molecule has 3 rings (SSSR count). The molecule has 0 fully saturated rings. The number of hydrogen-bond acceptors (Lipinski definition) is 11. The van der Waals surface area contributed by atoms with Crippen molar-refractivity contribution in [2.45, 2.75) is 61.2 Å². The molecule has 3 aromatic heterocycles. The van der Waals surface area contributed by atoms with Crippen molar-refractivity contribution in [2.24, 2.45) is 0 Å². The van der Waals surface area contributed by atoms with Crippen LogP contribution in [0.2, 0.25) is 0 Å². The zero-order valence-electron chi connectivity index (χ0n) is 23.3. The van der Waals surface area contributed by atoms with Gasteiger partial charge in [0.2, 0.25) is 0 Å². The first-order valence-electron chi connectivity index (χ1n) is 11.4. The van der Waals surface area contributed by atoms with Gasteiger partial charge in [-0.3, -0.25) is 19.9 Å².